The van der Waals surface area contributed by atoms with Gasteiger partial charge in [-0.3, -0.25) is 4.90 Å². The molecule has 0 aromatic heterocycles. The summed E-state index contributed by atoms with van der Waals surface area (Å²) in [5.74, 6) is 1.74. The number of halogens is 1. The topological polar surface area (TPSA) is 69.1 Å². The van der Waals surface area contributed by atoms with Crippen LogP contribution in [0.1, 0.15) is 25.3 Å². The molecule has 0 bridgehead atoms. The van der Waals surface area contributed by atoms with Crippen molar-refractivity contribution in [2.24, 2.45) is 4.99 Å². The van der Waals surface area contributed by atoms with Crippen molar-refractivity contribution in [1.82, 2.24) is 15.5 Å². The normalized spacial score (nSPS) is 15.8. The lowest BCUT2D eigenvalue weighted by Gasteiger charge is -2.32. The highest BCUT2D eigenvalue weighted by Crippen LogP contribution is 2.23. The van der Waals surface area contributed by atoms with Gasteiger partial charge in [0.15, 0.2) is 5.96 Å². The highest BCUT2D eigenvalue weighted by Gasteiger charge is 2.19. The number of nitrogens with one attached hydrogen (secondary N) is 2. The molecule has 3 N–H and O–H groups in total. The second-order valence-electron chi connectivity index (χ2n) is 6.20. The minimum absolute atomic E-state index is 0. The van der Waals surface area contributed by atoms with Crippen molar-refractivity contribution in [2.45, 2.75) is 32.4 Å². The van der Waals surface area contributed by atoms with Crippen LogP contribution in [0.4, 0.5) is 0 Å². The second kappa shape index (κ2) is 12.0. The molecule has 0 atom stereocenters. The van der Waals surface area contributed by atoms with E-state index in [2.05, 4.69) is 27.1 Å². The number of rotatable bonds is 7. The van der Waals surface area contributed by atoms with E-state index in [1.165, 1.54) is 0 Å². The van der Waals surface area contributed by atoms with Crippen molar-refractivity contribution in [1.29, 1.82) is 0 Å². The number of likely N-dealkylation sites (tertiary alicyclic amines) is 1. The molecule has 1 aliphatic heterocycles. The molecule has 0 unspecified atom stereocenters. The van der Waals surface area contributed by atoms with Gasteiger partial charge in [0.1, 0.15) is 11.5 Å². The van der Waals surface area contributed by atoms with Gasteiger partial charge in [-0.1, -0.05) is 6.08 Å². The van der Waals surface area contributed by atoms with E-state index < -0.39 is 0 Å². The third-order valence-corrected chi connectivity index (χ3v) is 4.35. The number of aromatic hydroxyl groups is 1. The fraction of sp³-hybridized carbons (Fsp3) is 0.526. The maximum atomic E-state index is 10.00. The molecule has 1 saturated heterocycles. The van der Waals surface area contributed by atoms with Gasteiger partial charge in [-0.25, -0.2) is 4.99 Å². The minimum Gasteiger partial charge on any atom is -0.508 e. The number of hydrogen-bond acceptors (Lipinski definition) is 4. The van der Waals surface area contributed by atoms with Crippen molar-refractivity contribution < 1.29 is 9.84 Å². The average molecular weight is 474 g/mol. The van der Waals surface area contributed by atoms with Crippen LogP contribution in [0.25, 0.3) is 0 Å². The highest BCUT2D eigenvalue weighted by atomic mass is 127. The summed E-state index contributed by atoms with van der Waals surface area (Å²) in [6, 6.07) is 5.61. The van der Waals surface area contributed by atoms with E-state index in [0.717, 1.165) is 56.3 Å². The monoisotopic (exact) mass is 474 g/mol. The summed E-state index contributed by atoms with van der Waals surface area (Å²) in [4.78, 5) is 7.02. The molecule has 0 spiro atoms. The number of nitrogens with zero attached hydrogens (tertiary/aromatic N) is 2. The van der Waals surface area contributed by atoms with Crippen LogP contribution in [0.2, 0.25) is 0 Å². The molecule has 1 heterocycles. The van der Waals surface area contributed by atoms with Crippen LogP contribution in [-0.4, -0.2) is 55.3 Å². The molecule has 0 aliphatic carbocycles. The lowest BCUT2D eigenvalue weighted by Crippen LogP contribution is -2.48. The Balaban J connectivity index is 0.00000338. The maximum Gasteiger partial charge on any atom is 0.191 e. The molecule has 1 aliphatic rings. The number of benzene rings is 1. The lowest BCUT2D eigenvalue weighted by molar-refractivity contribution is 0.225. The zero-order chi connectivity index (χ0) is 18.1. The van der Waals surface area contributed by atoms with Crippen LogP contribution in [0.3, 0.4) is 0 Å². The number of aliphatic imine (C=N–C) groups is 1. The van der Waals surface area contributed by atoms with E-state index in [-0.39, 0.29) is 29.7 Å². The van der Waals surface area contributed by atoms with Gasteiger partial charge in [-0.15, -0.1) is 30.6 Å². The lowest BCUT2D eigenvalue weighted by atomic mass is 10.1. The first-order valence-corrected chi connectivity index (χ1v) is 8.90. The van der Waals surface area contributed by atoms with Crippen LogP contribution in [0.15, 0.2) is 35.8 Å². The molecule has 1 fully saturated rings. The smallest absolute Gasteiger partial charge is 0.191 e. The number of phenols is 1. The quantitative estimate of drug-likeness (QED) is 0.246. The largest absolute Gasteiger partial charge is 0.508 e. The summed E-state index contributed by atoms with van der Waals surface area (Å²) in [6.07, 6.45) is 4.13. The SMILES string of the molecule is C=CCN1CCC(NC(=NCc2cc(OC)ccc2O)NCC)CC1.I. The molecular formula is C19H31IN4O2. The first-order valence-electron chi connectivity index (χ1n) is 8.90. The summed E-state index contributed by atoms with van der Waals surface area (Å²) in [5, 5.41) is 16.8. The Hall–Kier alpha value is -1.48. The molecule has 0 amide bonds. The fourth-order valence-corrected chi connectivity index (χ4v) is 2.94. The van der Waals surface area contributed by atoms with Crippen LogP contribution in [0.5, 0.6) is 11.5 Å². The van der Waals surface area contributed by atoms with Crippen LogP contribution >= 0.6 is 24.0 Å². The Morgan fingerprint density at radius 2 is 2.15 bits per heavy atom. The molecule has 6 nitrogen and oxygen atoms in total. The third kappa shape index (κ3) is 7.03. The first-order chi connectivity index (χ1) is 12.2. The third-order valence-electron chi connectivity index (χ3n) is 4.35. The predicted molar refractivity (Wildman–Crippen MR) is 118 cm³/mol. The average Bonchev–Trinajstić information content (AvgIpc) is 2.63. The number of ether oxygens (including phenoxy) is 1. The number of guanidine groups is 1. The van der Waals surface area contributed by atoms with Crippen LogP contribution in [-0.2, 0) is 6.54 Å². The van der Waals surface area contributed by atoms with Gasteiger partial charge < -0.3 is 20.5 Å². The Morgan fingerprint density at radius 3 is 2.77 bits per heavy atom. The molecule has 1 aromatic carbocycles. The number of piperidine rings is 1. The van der Waals surface area contributed by atoms with Crippen LogP contribution in [0, 0.1) is 0 Å². The second-order valence-corrected chi connectivity index (χ2v) is 6.20. The van der Waals surface area contributed by atoms with Gasteiger partial charge in [-0.2, -0.15) is 0 Å². The van der Waals surface area contributed by atoms with E-state index in [1.54, 1.807) is 19.2 Å². The predicted octanol–water partition coefficient (Wildman–Crippen LogP) is 2.72. The standard InChI is InChI=1S/C19H30N4O2.HI/c1-4-10-23-11-8-16(9-12-23)22-19(20-5-2)21-14-15-13-17(25-3)6-7-18(15)24;/h4,6-7,13,16,24H,1,5,8-12,14H2,2-3H3,(H2,20,21,22);1H. The number of methoxy groups -OCH3 is 1. The number of hydrogen-bond donors (Lipinski definition) is 3. The van der Waals surface area contributed by atoms with E-state index in [9.17, 15) is 5.11 Å². The maximum absolute atomic E-state index is 10.00. The van der Waals surface area contributed by atoms with Crippen LogP contribution < -0.4 is 15.4 Å². The first kappa shape index (κ1) is 22.6. The Bertz CT molecular complexity index is 587. The van der Waals surface area contributed by atoms with Gasteiger partial charge in [0.05, 0.1) is 13.7 Å². The zero-order valence-corrected chi connectivity index (χ0v) is 18.0. The van der Waals surface area contributed by atoms with E-state index in [1.807, 2.05) is 19.1 Å². The van der Waals surface area contributed by atoms with Crippen molar-refractivity contribution in [3.05, 3.63) is 36.4 Å². The summed E-state index contributed by atoms with van der Waals surface area (Å²) in [7, 11) is 1.61. The molecule has 0 radical (unpaired) electrons. The summed E-state index contributed by atoms with van der Waals surface area (Å²) >= 11 is 0. The molecule has 26 heavy (non-hydrogen) atoms. The molecule has 146 valence electrons. The van der Waals surface area contributed by atoms with Crippen molar-refractivity contribution in [3.63, 3.8) is 0 Å². The van der Waals surface area contributed by atoms with Gasteiger partial charge in [0.25, 0.3) is 0 Å². The highest BCUT2D eigenvalue weighted by molar-refractivity contribution is 14.0. The van der Waals surface area contributed by atoms with Gasteiger partial charge in [0, 0.05) is 37.8 Å². The van der Waals surface area contributed by atoms with E-state index in [4.69, 9.17) is 4.74 Å². The van der Waals surface area contributed by atoms with Gasteiger partial charge in [-0.05, 0) is 38.0 Å². The Morgan fingerprint density at radius 1 is 1.42 bits per heavy atom. The summed E-state index contributed by atoms with van der Waals surface area (Å²) in [5.41, 5.74) is 0.748. The molecule has 0 saturated carbocycles. The van der Waals surface area contributed by atoms with Crippen molar-refractivity contribution in [3.8, 4) is 11.5 Å². The molecule has 2 rings (SSSR count). The molecule has 1 aromatic rings. The van der Waals surface area contributed by atoms with Crippen molar-refractivity contribution in [2.75, 3.05) is 33.3 Å². The zero-order valence-electron chi connectivity index (χ0n) is 15.7. The number of phenolic OH excluding ortho intramolecular Hbond substituents is 1. The summed E-state index contributed by atoms with van der Waals surface area (Å²) in [6.45, 7) is 10.1. The summed E-state index contributed by atoms with van der Waals surface area (Å²) < 4.78 is 5.21. The van der Waals surface area contributed by atoms with Gasteiger partial charge >= 0.3 is 0 Å². The minimum atomic E-state index is 0. The van der Waals surface area contributed by atoms with Gasteiger partial charge in [0.2, 0.25) is 0 Å². The Kier molecular flexibility index (Phi) is 10.4. The van der Waals surface area contributed by atoms with Crippen molar-refractivity contribution >= 4 is 29.9 Å². The van der Waals surface area contributed by atoms with E-state index >= 15 is 0 Å². The Labute approximate surface area is 173 Å². The fourth-order valence-electron chi connectivity index (χ4n) is 2.94. The molecule has 7 heteroatoms. The molecular weight excluding hydrogens is 443 g/mol. The van der Waals surface area contributed by atoms with E-state index in [0.29, 0.717) is 12.6 Å².